The van der Waals surface area contributed by atoms with Crippen molar-refractivity contribution in [1.82, 2.24) is 4.31 Å². The van der Waals surface area contributed by atoms with E-state index in [2.05, 4.69) is 0 Å². The first kappa shape index (κ1) is 16.7. The number of rotatable bonds is 4. The average molecular weight is 349 g/mol. The van der Waals surface area contributed by atoms with Crippen LogP contribution < -0.4 is 0 Å². The minimum Gasteiger partial charge on any atom is -0.481 e. The molecule has 0 bridgehead atoms. The average Bonchev–Trinajstić information content (AvgIpc) is 2.46. The van der Waals surface area contributed by atoms with E-state index in [1.807, 2.05) is 0 Å². The van der Waals surface area contributed by atoms with Crippen LogP contribution in [0.1, 0.15) is 12.8 Å². The number of benzene rings is 1. The lowest BCUT2D eigenvalue weighted by Gasteiger charge is -2.29. The second kappa shape index (κ2) is 6.19. The van der Waals surface area contributed by atoms with Gasteiger partial charge in [0.15, 0.2) is 4.90 Å². The Hall–Kier alpha value is -1.71. The Bertz CT molecular complexity index is 720. The fourth-order valence-corrected chi connectivity index (χ4v) is 4.18. The largest absolute Gasteiger partial charge is 0.481 e. The van der Waals surface area contributed by atoms with Crippen molar-refractivity contribution in [3.63, 3.8) is 0 Å². The van der Waals surface area contributed by atoms with Crippen LogP contribution in [-0.2, 0) is 14.8 Å². The summed E-state index contributed by atoms with van der Waals surface area (Å²) in [6, 6.07) is 3.29. The van der Waals surface area contributed by atoms with Crippen LogP contribution in [0.25, 0.3) is 0 Å². The topological polar surface area (TPSA) is 118 Å². The maximum Gasteiger partial charge on any atom is 0.307 e. The molecule has 1 atom stereocenters. The summed E-state index contributed by atoms with van der Waals surface area (Å²) in [5, 5.41) is 20.1. The van der Waals surface area contributed by atoms with Crippen LogP contribution in [0.3, 0.4) is 0 Å². The SMILES string of the molecule is O=C(O)C1CCCN(S(=O)(=O)c2ccc(Cl)cc2[N+](=O)[O-])C1. The minimum absolute atomic E-state index is 0.0488. The maximum absolute atomic E-state index is 12.6. The number of carbonyl (C=O) groups is 1. The summed E-state index contributed by atoms with van der Waals surface area (Å²) in [6.07, 6.45) is 0.766. The summed E-state index contributed by atoms with van der Waals surface area (Å²) in [5.74, 6) is -1.89. The van der Waals surface area contributed by atoms with E-state index in [0.717, 1.165) is 16.4 Å². The first-order valence-electron chi connectivity index (χ1n) is 6.40. The van der Waals surface area contributed by atoms with Crippen molar-refractivity contribution in [1.29, 1.82) is 0 Å². The van der Waals surface area contributed by atoms with Crippen molar-refractivity contribution < 1.29 is 23.2 Å². The number of nitro benzene ring substituents is 1. The lowest BCUT2D eigenvalue weighted by atomic mass is 10.0. The fourth-order valence-electron chi connectivity index (χ4n) is 2.35. The first-order valence-corrected chi connectivity index (χ1v) is 8.22. The van der Waals surface area contributed by atoms with Gasteiger partial charge >= 0.3 is 5.97 Å². The summed E-state index contributed by atoms with van der Waals surface area (Å²) in [5.41, 5.74) is -0.620. The molecule has 0 aromatic heterocycles. The number of carboxylic acids is 1. The second-order valence-electron chi connectivity index (χ2n) is 4.91. The van der Waals surface area contributed by atoms with E-state index in [-0.39, 0.29) is 18.1 Å². The zero-order chi connectivity index (χ0) is 16.5. The van der Waals surface area contributed by atoms with Gasteiger partial charge in [-0.05, 0) is 25.0 Å². The molecule has 1 heterocycles. The standard InChI is InChI=1S/C12H13ClN2O6S/c13-9-3-4-11(10(6-9)15(18)19)22(20,21)14-5-1-2-8(7-14)12(16)17/h3-4,6,8H,1-2,5,7H2,(H,16,17). The third kappa shape index (κ3) is 3.21. The van der Waals surface area contributed by atoms with Crippen LogP contribution in [-0.4, -0.2) is 41.8 Å². The molecule has 0 aliphatic carbocycles. The maximum atomic E-state index is 12.6. The van der Waals surface area contributed by atoms with Crippen LogP contribution in [0.4, 0.5) is 5.69 Å². The number of hydrogen-bond acceptors (Lipinski definition) is 5. The van der Waals surface area contributed by atoms with Crippen LogP contribution in [0, 0.1) is 16.0 Å². The number of aliphatic carboxylic acids is 1. The van der Waals surface area contributed by atoms with E-state index in [0.29, 0.717) is 12.8 Å². The molecular formula is C12H13ClN2O6S. The summed E-state index contributed by atoms with van der Waals surface area (Å²) >= 11 is 5.67. The van der Waals surface area contributed by atoms with Crippen LogP contribution >= 0.6 is 11.6 Å². The molecule has 1 fully saturated rings. The molecule has 0 amide bonds. The highest BCUT2D eigenvalue weighted by Crippen LogP contribution is 2.31. The predicted molar refractivity (Wildman–Crippen MR) is 77.2 cm³/mol. The van der Waals surface area contributed by atoms with Gasteiger partial charge in [-0.2, -0.15) is 4.31 Å². The van der Waals surface area contributed by atoms with Gasteiger partial charge in [0.2, 0.25) is 10.0 Å². The number of sulfonamides is 1. The van der Waals surface area contributed by atoms with Crippen molar-refractivity contribution in [3.05, 3.63) is 33.3 Å². The smallest absolute Gasteiger partial charge is 0.307 e. The molecule has 1 saturated heterocycles. The molecular weight excluding hydrogens is 336 g/mol. The number of halogens is 1. The molecule has 8 nitrogen and oxygen atoms in total. The number of carboxylic acid groups (broad SMARTS) is 1. The van der Waals surface area contributed by atoms with Crippen molar-refractivity contribution in [2.24, 2.45) is 5.92 Å². The van der Waals surface area contributed by atoms with E-state index in [9.17, 15) is 23.3 Å². The highest BCUT2D eigenvalue weighted by molar-refractivity contribution is 7.89. The number of nitro groups is 1. The third-order valence-electron chi connectivity index (χ3n) is 3.47. The monoisotopic (exact) mass is 348 g/mol. The van der Waals surface area contributed by atoms with Crippen molar-refractivity contribution in [2.45, 2.75) is 17.7 Å². The van der Waals surface area contributed by atoms with Gasteiger partial charge in [-0.3, -0.25) is 14.9 Å². The Morgan fingerprint density at radius 2 is 2.14 bits per heavy atom. The fraction of sp³-hybridized carbons (Fsp3) is 0.417. The van der Waals surface area contributed by atoms with Crippen LogP contribution in [0.2, 0.25) is 5.02 Å². The van der Waals surface area contributed by atoms with E-state index in [1.54, 1.807) is 0 Å². The second-order valence-corrected chi connectivity index (χ2v) is 7.25. The molecule has 120 valence electrons. The number of nitrogens with zero attached hydrogens (tertiary/aromatic N) is 2. The molecule has 22 heavy (non-hydrogen) atoms. The molecule has 10 heteroatoms. The Morgan fingerprint density at radius 3 is 2.73 bits per heavy atom. The van der Waals surface area contributed by atoms with Crippen molar-refractivity contribution >= 4 is 33.3 Å². The first-order chi connectivity index (χ1) is 10.2. The van der Waals surface area contributed by atoms with E-state index in [4.69, 9.17) is 16.7 Å². The number of piperidine rings is 1. The van der Waals surface area contributed by atoms with E-state index >= 15 is 0 Å². The highest BCUT2D eigenvalue weighted by Gasteiger charge is 2.36. The van der Waals surface area contributed by atoms with Gasteiger partial charge in [-0.25, -0.2) is 8.42 Å². The molecule has 1 aliphatic rings. The van der Waals surface area contributed by atoms with Gasteiger partial charge in [-0.1, -0.05) is 11.6 Å². The molecule has 1 aromatic carbocycles. The van der Waals surface area contributed by atoms with E-state index < -0.39 is 37.4 Å². The van der Waals surface area contributed by atoms with Gasteiger partial charge in [-0.15, -0.1) is 0 Å². The Kier molecular flexibility index (Phi) is 4.69. The number of hydrogen-bond donors (Lipinski definition) is 1. The molecule has 2 rings (SSSR count). The molecule has 1 N–H and O–H groups in total. The third-order valence-corrected chi connectivity index (χ3v) is 5.62. The quantitative estimate of drug-likeness (QED) is 0.654. The summed E-state index contributed by atoms with van der Waals surface area (Å²) < 4.78 is 26.1. The van der Waals surface area contributed by atoms with Crippen molar-refractivity contribution in [2.75, 3.05) is 13.1 Å². The Labute approximate surface area is 131 Å². The van der Waals surface area contributed by atoms with Gasteiger partial charge in [0.1, 0.15) is 0 Å². The van der Waals surface area contributed by atoms with Gasteiger partial charge in [0.25, 0.3) is 5.69 Å². The highest BCUT2D eigenvalue weighted by atomic mass is 35.5. The molecule has 1 aliphatic heterocycles. The van der Waals surface area contributed by atoms with E-state index in [1.165, 1.54) is 6.07 Å². The predicted octanol–water partition coefficient (Wildman–Crippen LogP) is 1.73. The van der Waals surface area contributed by atoms with Crippen LogP contribution in [0.5, 0.6) is 0 Å². The van der Waals surface area contributed by atoms with Gasteiger partial charge in [0.05, 0.1) is 10.8 Å². The summed E-state index contributed by atoms with van der Waals surface area (Å²) in [6.45, 7) is -0.0661. The molecule has 0 saturated carbocycles. The molecule has 0 radical (unpaired) electrons. The van der Waals surface area contributed by atoms with Gasteiger partial charge < -0.3 is 5.11 Å². The zero-order valence-electron chi connectivity index (χ0n) is 11.3. The summed E-state index contributed by atoms with van der Waals surface area (Å²) in [4.78, 5) is 20.8. The normalized spacial score (nSPS) is 19.8. The Balaban J connectivity index is 2.42. The molecule has 1 unspecified atom stereocenters. The minimum atomic E-state index is -4.15. The van der Waals surface area contributed by atoms with Gasteiger partial charge in [0, 0.05) is 24.2 Å². The molecule has 1 aromatic rings. The Morgan fingerprint density at radius 1 is 1.45 bits per heavy atom. The van der Waals surface area contributed by atoms with Crippen molar-refractivity contribution in [3.8, 4) is 0 Å². The summed E-state index contributed by atoms with van der Waals surface area (Å²) in [7, 11) is -4.15. The lowest BCUT2D eigenvalue weighted by Crippen LogP contribution is -2.42. The van der Waals surface area contributed by atoms with Crippen LogP contribution in [0.15, 0.2) is 23.1 Å². The lowest BCUT2D eigenvalue weighted by molar-refractivity contribution is -0.387. The molecule has 0 spiro atoms. The zero-order valence-corrected chi connectivity index (χ0v) is 12.9.